The number of thioether (sulfide) groups is 2. The van der Waals surface area contributed by atoms with Crippen molar-refractivity contribution < 1.29 is 0 Å². The topological polar surface area (TPSA) is 3.24 Å². The highest BCUT2D eigenvalue weighted by Crippen LogP contribution is 2.40. The Hall–Kier alpha value is 1.01. The smallest absolute Gasteiger partial charge is 0.0659 e. The van der Waals surface area contributed by atoms with Gasteiger partial charge in [-0.05, 0) is 12.2 Å². The molecule has 0 bridgehead atoms. The van der Waals surface area contributed by atoms with Gasteiger partial charge in [-0.1, -0.05) is 0 Å². The van der Waals surface area contributed by atoms with Crippen LogP contribution in [0.5, 0.6) is 0 Å². The maximum Gasteiger partial charge on any atom is 0.0659 e. The molecule has 0 aromatic heterocycles. The SMILES string of the molecule is SCC[C@H]1SC[C@@H]2SCCN21. The second kappa shape index (κ2) is 3.81. The first kappa shape index (κ1) is 8.60. The number of rotatable bonds is 2. The molecule has 11 heavy (non-hydrogen) atoms. The molecule has 0 amide bonds. The van der Waals surface area contributed by atoms with E-state index in [1.54, 1.807) is 0 Å². The van der Waals surface area contributed by atoms with E-state index in [2.05, 4.69) is 41.1 Å². The summed E-state index contributed by atoms with van der Waals surface area (Å²) in [5, 5.41) is 1.62. The minimum absolute atomic E-state index is 0.785. The van der Waals surface area contributed by atoms with Gasteiger partial charge in [-0.3, -0.25) is 4.90 Å². The zero-order chi connectivity index (χ0) is 7.68. The minimum atomic E-state index is 0.785. The maximum absolute atomic E-state index is 4.28. The summed E-state index contributed by atoms with van der Waals surface area (Å²) < 4.78 is 0. The summed E-state index contributed by atoms with van der Waals surface area (Å²) in [6, 6.07) is 0. The van der Waals surface area contributed by atoms with Gasteiger partial charge in [-0.25, -0.2) is 0 Å². The van der Waals surface area contributed by atoms with Gasteiger partial charge >= 0.3 is 0 Å². The third kappa shape index (κ3) is 1.69. The third-order valence-corrected chi connectivity index (χ3v) is 5.32. The van der Waals surface area contributed by atoms with Gasteiger partial charge in [0.05, 0.1) is 10.7 Å². The Morgan fingerprint density at radius 3 is 3.18 bits per heavy atom. The Morgan fingerprint density at radius 1 is 1.45 bits per heavy atom. The van der Waals surface area contributed by atoms with Gasteiger partial charge in [0, 0.05) is 18.1 Å². The highest BCUT2D eigenvalue weighted by molar-refractivity contribution is 8.04. The molecule has 0 aromatic carbocycles. The molecule has 2 saturated heterocycles. The molecule has 2 aliphatic heterocycles. The number of hydrogen-bond acceptors (Lipinski definition) is 4. The molecule has 1 nitrogen and oxygen atoms in total. The van der Waals surface area contributed by atoms with Crippen molar-refractivity contribution in [3.63, 3.8) is 0 Å². The average molecular weight is 207 g/mol. The van der Waals surface area contributed by atoms with Crippen LogP contribution in [0, 0.1) is 0 Å². The Labute approximate surface area is 82.1 Å². The zero-order valence-electron chi connectivity index (χ0n) is 6.40. The van der Waals surface area contributed by atoms with Gasteiger partial charge in [-0.15, -0.1) is 23.5 Å². The Balaban J connectivity index is 1.92. The van der Waals surface area contributed by atoms with Crippen molar-refractivity contribution in [2.45, 2.75) is 17.2 Å². The van der Waals surface area contributed by atoms with Crippen LogP contribution in [-0.4, -0.2) is 39.5 Å². The monoisotopic (exact) mass is 207 g/mol. The molecule has 0 spiro atoms. The average Bonchev–Trinajstić information content (AvgIpc) is 2.53. The normalized spacial score (nSPS) is 37.9. The molecular formula is C7H13NS3. The highest BCUT2D eigenvalue weighted by Gasteiger charge is 2.36. The van der Waals surface area contributed by atoms with Gasteiger partial charge in [0.25, 0.3) is 0 Å². The molecule has 2 fully saturated rings. The molecule has 2 aliphatic rings. The number of nitrogens with zero attached hydrogens (tertiary/aromatic N) is 1. The van der Waals surface area contributed by atoms with Crippen LogP contribution in [0.3, 0.4) is 0 Å². The predicted molar refractivity (Wildman–Crippen MR) is 57.7 cm³/mol. The first-order chi connectivity index (χ1) is 5.42. The molecule has 0 aliphatic carbocycles. The zero-order valence-corrected chi connectivity index (χ0v) is 8.93. The van der Waals surface area contributed by atoms with E-state index in [-0.39, 0.29) is 0 Å². The van der Waals surface area contributed by atoms with E-state index in [0.29, 0.717) is 0 Å². The molecule has 2 heterocycles. The predicted octanol–water partition coefficient (Wildman–Crippen LogP) is 1.75. The van der Waals surface area contributed by atoms with Crippen molar-refractivity contribution in [1.82, 2.24) is 4.90 Å². The van der Waals surface area contributed by atoms with Gasteiger partial charge in [-0.2, -0.15) is 12.6 Å². The third-order valence-electron chi connectivity index (χ3n) is 2.21. The quantitative estimate of drug-likeness (QED) is 0.688. The van der Waals surface area contributed by atoms with Gasteiger partial charge in [0.2, 0.25) is 0 Å². The fraction of sp³-hybridized carbons (Fsp3) is 1.00. The fourth-order valence-corrected chi connectivity index (χ4v) is 5.11. The van der Waals surface area contributed by atoms with Gasteiger partial charge in [0.1, 0.15) is 0 Å². The molecule has 2 rings (SSSR count). The van der Waals surface area contributed by atoms with Crippen LogP contribution < -0.4 is 0 Å². The Kier molecular flexibility index (Phi) is 2.98. The molecule has 4 heteroatoms. The second-order valence-corrected chi connectivity index (χ2v) is 5.81. The summed E-state index contributed by atoms with van der Waals surface area (Å²) in [4.78, 5) is 2.64. The van der Waals surface area contributed by atoms with Gasteiger partial charge < -0.3 is 0 Å². The Bertz CT molecular complexity index is 140. The first-order valence-corrected chi connectivity index (χ1v) is 6.74. The lowest BCUT2D eigenvalue weighted by molar-refractivity contribution is 0.296. The Morgan fingerprint density at radius 2 is 2.36 bits per heavy atom. The number of fused-ring (bicyclic) bond motifs is 1. The molecule has 0 N–H and O–H groups in total. The molecule has 64 valence electrons. The van der Waals surface area contributed by atoms with E-state index in [1.165, 1.54) is 24.5 Å². The summed E-state index contributed by atoms with van der Waals surface area (Å²) in [7, 11) is 0. The van der Waals surface area contributed by atoms with Crippen LogP contribution in [-0.2, 0) is 0 Å². The van der Waals surface area contributed by atoms with Crippen molar-refractivity contribution in [3.8, 4) is 0 Å². The fourth-order valence-electron chi connectivity index (χ4n) is 1.66. The summed E-state index contributed by atoms with van der Waals surface area (Å²) in [6.07, 6.45) is 1.25. The van der Waals surface area contributed by atoms with Gasteiger partial charge in [0.15, 0.2) is 0 Å². The molecule has 2 atom stereocenters. The summed E-state index contributed by atoms with van der Waals surface area (Å²) in [5.41, 5.74) is 0. The number of hydrogen-bond donors (Lipinski definition) is 1. The highest BCUT2D eigenvalue weighted by atomic mass is 32.2. The van der Waals surface area contributed by atoms with Crippen molar-refractivity contribution in [3.05, 3.63) is 0 Å². The van der Waals surface area contributed by atoms with E-state index >= 15 is 0 Å². The molecule has 0 unspecified atom stereocenters. The molecule has 0 saturated carbocycles. The van der Waals surface area contributed by atoms with E-state index in [0.717, 1.165) is 16.5 Å². The molecule has 0 radical (unpaired) electrons. The lowest BCUT2D eigenvalue weighted by atomic mass is 10.4. The van der Waals surface area contributed by atoms with E-state index in [1.807, 2.05) is 0 Å². The minimum Gasteiger partial charge on any atom is -0.278 e. The molecular weight excluding hydrogens is 194 g/mol. The summed E-state index contributed by atoms with van der Waals surface area (Å²) in [6.45, 7) is 1.31. The van der Waals surface area contributed by atoms with Crippen LogP contribution in [0.15, 0.2) is 0 Å². The van der Waals surface area contributed by atoms with Crippen molar-refractivity contribution >= 4 is 36.2 Å². The lowest BCUT2D eigenvalue weighted by Crippen LogP contribution is -2.30. The summed E-state index contributed by atoms with van der Waals surface area (Å²) >= 11 is 8.52. The number of thiol groups is 1. The standard InChI is InChI=1S/C7H13NS3/c9-3-1-6-8-2-4-10-7(8)5-11-6/h6-7,9H,1-5H2/t6-,7+/m1/s1. The van der Waals surface area contributed by atoms with Crippen LogP contribution in [0.25, 0.3) is 0 Å². The van der Waals surface area contributed by atoms with Crippen molar-refractivity contribution in [2.24, 2.45) is 0 Å². The van der Waals surface area contributed by atoms with Crippen LogP contribution in [0.1, 0.15) is 6.42 Å². The second-order valence-electron chi connectivity index (χ2n) is 2.86. The molecule has 0 aromatic rings. The largest absolute Gasteiger partial charge is 0.278 e. The van der Waals surface area contributed by atoms with Crippen LogP contribution >= 0.6 is 36.2 Å². The van der Waals surface area contributed by atoms with E-state index in [4.69, 9.17) is 0 Å². The first-order valence-electron chi connectivity index (χ1n) is 4.01. The summed E-state index contributed by atoms with van der Waals surface area (Å²) in [5.74, 6) is 3.71. The van der Waals surface area contributed by atoms with Crippen molar-refractivity contribution in [2.75, 3.05) is 23.8 Å². The van der Waals surface area contributed by atoms with E-state index in [9.17, 15) is 0 Å². The van der Waals surface area contributed by atoms with E-state index < -0.39 is 0 Å². The van der Waals surface area contributed by atoms with Crippen molar-refractivity contribution in [1.29, 1.82) is 0 Å². The maximum atomic E-state index is 4.28. The van der Waals surface area contributed by atoms with Crippen LogP contribution in [0.2, 0.25) is 0 Å². The lowest BCUT2D eigenvalue weighted by Gasteiger charge is -2.20. The van der Waals surface area contributed by atoms with Crippen LogP contribution in [0.4, 0.5) is 0 Å².